The van der Waals surface area contributed by atoms with Gasteiger partial charge in [0.1, 0.15) is 10.0 Å². The number of aromatic nitrogens is 2. The van der Waals surface area contributed by atoms with E-state index in [0.717, 1.165) is 10.0 Å². The van der Waals surface area contributed by atoms with Crippen molar-refractivity contribution in [2.75, 3.05) is 0 Å². The average molecular weight is 202 g/mol. The Labute approximate surface area is 82.8 Å². The summed E-state index contributed by atoms with van der Waals surface area (Å²) in [4.78, 5) is 0. The molecule has 0 aromatic carbocycles. The van der Waals surface area contributed by atoms with E-state index in [1.54, 1.807) is 11.3 Å². The molecule has 0 aliphatic carbocycles. The van der Waals surface area contributed by atoms with Crippen LogP contribution in [-0.2, 0) is 5.41 Å². The van der Waals surface area contributed by atoms with Gasteiger partial charge in [-0.15, -0.1) is 10.2 Å². The molecule has 0 fully saturated rings. The molecule has 1 heterocycles. The highest BCUT2D eigenvalue weighted by Crippen LogP contribution is 2.29. The zero-order valence-electron chi connectivity index (χ0n) is 7.83. The van der Waals surface area contributed by atoms with E-state index in [1.165, 1.54) is 0 Å². The van der Waals surface area contributed by atoms with Crippen LogP contribution < -0.4 is 0 Å². The van der Waals surface area contributed by atoms with Crippen LogP contribution in [0.2, 0.25) is 0 Å². The maximum Gasteiger partial charge on any atom is 0.129 e. The van der Waals surface area contributed by atoms with Gasteiger partial charge in [0.25, 0.3) is 0 Å². The molecule has 68 valence electrons. The van der Waals surface area contributed by atoms with Crippen LogP contribution in [-0.4, -0.2) is 10.2 Å². The SMILES string of the molecule is CC(S)c1nnc(C(C)(C)C)s1. The van der Waals surface area contributed by atoms with Gasteiger partial charge in [-0.2, -0.15) is 12.6 Å². The summed E-state index contributed by atoms with van der Waals surface area (Å²) in [5, 5.41) is 10.5. The summed E-state index contributed by atoms with van der Waals surface area (Å²) in [5.74, 6) is 0. The number of rotatable bonds is 1. The Morgan fingerprint density at radius 3 is 2.17 bits per heavy atom. The average Bonchev–Trinajstić information content (AvgIpc) is 2.30. The quantitative estimate of drug-likeness (QED) is 0.709. The van der Waals surface area contributed by atoms with E-state index in [4.69, 9.17) is 0 Å². The first-order valence-corrected chi connectivity index (χ1v) is 5.26. The number of thiol groups is 1. The van der Waals surface area contributed by atoms with E-state index in [9.17, 15) is 0 Å². The van der Waals surface area contributed by atoms with E-state index in [1.807, 2.05) is 6.92 Å². The zero-order valence-corrected chi connectivity index (χ0v) is 9.54. The van der Waals surface area contributed by atoms with Gasteiger partial charge in [-0.05, 0) is 6.92 Å². The maximum absolute atomic E-state index is 4.30. The first kappa shape index (κ1) is 9.99. The summed E-state index contributed by atoms with van der Waals surface area (Å²) >= 11 is 5.95. The first-order chi connectivity index (χ1) is 5.41. The molecule has 0 amide bonds. The lowest BCUT2D eigenvalue weighted by molar-refractivity contribution is 0.577. The fraction of sp³-hybridized carbons (Fsp3) is 0.750. The topological polar surface area (TPSA) is 25.8 Å². The third-order valence-electron chi connectivity index (χ3n) is 1.44. The largest absolute Gasteiger partial charge is 0.169 e. The normalized spacial score (nSPS) is 14.8. The van der Waals surface area contributed by atoms with Crippen LogP contribution in [0.5, 0.6) is 0 Å². The summed E-state index contributed by atoms with van der Waals surface area (Å²) in [6.07, 6.45) is 0. The van der Waals surface area contributed by atoms with Gasteiger partial charge in [0, 0.05) is 5.41 Å². The Hall–Kier alpha value is -0.0900. The molecular formula is C8H14N2S2. The van der Waals surface area contributed by atoms with Crippen molar-refractivity contribution < 1.29 is 0 Å². The molecule has 1 atom stereocenters. The Morgan fingerprint density at radius 2 is 1.92 bits per heavy atom. The Bertz CT molecular complexity index is 260. The van der Waals surface area contributed by atoms with Gasteiger partial charge >= 0.3 is 0 Å². The third-order valence-corrected chi connectivity index (χ3v) is 3.39. The summed E-state index contributed by atoms with van der Waals surface area (Å²) in [6.45, 7) is 8.43. The van der Waals surface area contributed by atoms with Crippen molar-refractivity contribution in [1.82, 2.24) is 10.2 Å². The van der Waals surface area contributed by atoms with E-state index in [0.29, 0.717) is 0 Å². The maximum atomic E-state index is 4.30. The molecule has 0 N–H and O–H groups in total. The monoisotopic (exact) mass is 202 g/mol. The van der Waals surface area contributed by atoms with E-state index >= 15 is 0 Å². The molecular weight excluding hydrogens is 188 g/mol. The van der Waals surface area contributed by atoms with Crippen LogP contribution in [0, 0.1) is 0 Å². The standard InChI is InChI=1S/C8H14N2S2/c1-5(11)6-9-10-7(12-6)8(2,3)4/h5,11H,1-4H3. The molecule has 4 heteroatoms. The van der Waals surface area contributed by atoms with Crippen molar-refractivity contribution in [3.8, 4) is 0 Å². The number of nitrogens with zero attached hydrogens (tertiary/aromatic N) is 2. The predicted molar refractivity (Wildman–Crippen MR) is 56.0 cm³/mol. The molecule has 0 aliphatic heterocycles. The van der Waals surface area contributed by atoms with Crippen molar-refractivity contribution in [1.29, 1.82) is 0 Å². The third kappa shape index (κ3) is 2.20. The van der Waals surface area contributed by atoms with Gasteiger partial charge in [-0.1, -0.05) is 32.1 Å². The molecule has 1 aromatic heterocycles. The molecule has 0 aliphatic rings. The minimum Gasteiger partial charge on any atom is -0.169 e. The smallest absolute Gasteiger partial charge is 0.129 e. The Morgan fingerprint density at radius 1 is 1.33 bits per heavy atom. The van der Waals surface area contributed by atoms with Crippen LogP contribution in [0.3, 0.4) is 0 Å². The van der Waals surface area contributed by atoms with E-state index in [-0.39, 0.29) is 10.7 Å². The highest BCUT2D eigenvalue weighted by Gasteiger charge is 2.20. The fourth-order valence-corrected chi connectivity index (χ4v) is 1.75. The summed E-state index contributed by atoms with van der Waals surface area (Å²) in [7, 11) is 0. The van der Waals surface area contributed by atoms with E-state index < -0.39 is 0 Å². The summed E-state index contributed by atoms with van der Waals surface area (Å²) in [5.41, 5.74) is 0.110. The molecule has 0 spiro atoms. The first-order valence-electron chi connectivity index (χ1n) is 3.93. The Kier molecular flexibility index (Phi) is 2.78. The lowest BCUT2D eigenvalue weighted by Gasteiger charge is -2.12. The van der Waals surface area contributed by atoms with Gasteiger partial charge in [0.05, 0.1) is 5.25 Å². The molecule has 12 heavy (non-hydrogen) atoms. The number of hydrogen-bond donors (Lipinski definition) is 1. The second-order valence-corrected chi connectivity index (χ2v) is 5.66. The van der Waals surface area contributed by atoms with Crippen molar-refractivity contribution in [3.05, 3.63) is 10.0 Å². The second kappa shape index (κ2) is 3.34. The lowest BCUT2D eigenvalue weighted by atomic mass is 9.98. The van der Waals surface area contributed by atoms with Gasteiger partial charge in [0.2, 0.25) is 0 Å². The molecule has 0 radical (unpaired) electrons. The highest BCUT2D eigenvalue weighted by atomic mass is 32.1. The molecule has 0 saturated heterocycles. The molecule has 1 aromatic rings. The minimum atomic E-state index is 0.110. The fourth-order valence-electron chi connectivity index (χ4n) is 0.706. The van der Waals surface area contributed by atoms with Crippen LogP contribution in [0.15, 0.2) is 0 Å². The molecule has 1 rings (SSSR count). The van der Waals surface area contributed by atoms with Gasteiger partial charge in [-0.3, -0.25) is 0 Å². The molecule has 2 nitrogen and oxygen atoms in total. The minimum absolute atomic E-state index is 0.110. The van der Waals surface area contributed by atoms with E-state index in [2.05, 4.69) is 43.6 Å². The number of hydrogen-bond acceptors (Lipinski definition) is 4. The molecule has 1 unspecified atom stereocenters. The van der Waals surface area contributed by atoms with Crippen LogP contribution in [0.25, 0.3) is 0 Å². The van der Waals surface area contributed by atoms with Crippen molar-refractivity contribution in [2.45, 2.75) is 38.4 Å². The Balaban J connectivity index is 2.92. The van der Waals surface area contributed by atoms with Crippen LogP contribution in [0.1, 0.15) is 43.0 Å². The summed E-state index contributed by atoms with van der Waals surface area (Å²) < 4.78 is 0. The summed E-state index contributed by atoms with van der Waals surface area (Å²) in [6, 6.07) is 0. The second-order valence-electron chi connectivity index (χ2n) is 3.87. The van der Waals surface area contributed by atoms with Crippen LogP contribution in [0.4, 0.5) is 0 Å². The van der Waals surface area contributed by atoms with Gasteiger partial charge in [-0.25, -0.2) is 0 Å². The zero-order chi connectivity index (χ0) is 9.35. The molecule has 0 saturated carbocycles. The van der Waals surface area contributed by atoms with Gasteiger partial charge < -0.3 is 0 Å². The predicted octanol–water partition coefficient (Wildman–Crippen LogP) is 2.83. The van der Waals surface area contributed by atoms with Crippen molar-refractivity contribution in [3.63, 3.8) is 0 Å². The van der Waals surface area contributed by atoms with Crippen molar-refractivity contribution in [2.24, 2.45) is 0 Å². The van der Waals surface area contributed by atoms with Crippen molar-refractivity contribution >= 4 is 24.0 Å². The highest BCUT2D eigenvalue weighted by molar-refractivity contribution is 7.80. The lowest BCUT2D eigenvalue weighted by Crippen LogP contribution is -2.10. The molecule has 0 bridgehead atoms. The van der Waals surface area contributed by atoms with Crippen LogP contribution >= 0.6 is 24.0 Å². The van der Waals surface area contributed by atoms with Gasteiger partial charge in [0.15, 0.2) is 0 Å².